The zero-order chi connectivity index (χ0) is 20.1. The second-order valence-electron chi connectivity index (χ2n) is 7.24. The highest BCUT2D eigenvalue weighted by atomic mass is 16.3. The molecule has 4 aromatic rings. The van der Waals surface area contributed by atoms with Gasteiger partial charge in [-0.05, 0) is 11.1 Å². The second kappa shape index (κ2) is 8.86. The van der Waals surface area contributed by atoms with Crippen molar-refractivity contribution in [1.82, 2.24) is 9.13 Å². The van der Waals surface area contributed by atoms with Gasteiger partial charge in [0.15, 0.2) is 0 Å². The van der Waals surface area contributed by atoms with E-state index in [4.69, 9.17) is 0 Å². The molecule has 0 amide bonds. The van der Waals surface area contributed by atoms with Gasteiger partial charge in [0.25, 0.3) is 0 Å². The summed E-state index contributed by atoms with van der Waals surface area (Å²) in [6.45, 7) is 1.67. The molecule has 2 atom stereocenters. The number of nitrogens with zero attached hydrogens (tertiary/aromatic N) is 4. The standard InChI is InChI=1S/C23H26N4O2/c28-22(20-7-3-1-4-8-20)15-24-11-13-26(17-24)19-27-14-12-25(18-27)16-23(29)21-9-5-2-6-10-21/h1-14,17-18,22-23,28-29H,15-16,19H2/q+2/t22-,23-/m0/s1. The topological polar surface area (TPSA) is 58.1 Å². The monoisotopic (exact) mass is 390 g/mol. The minimum atomic E-state index is -0.537. The number of aliphatic hydroxyl groups is 2. The smallest absolute Gasteiger partial charge is 0.247 e. The number of imidazole rings is 2. The van der Waals surface area contributed by atoms with Crippen molar-refractivity contribution in [3.8, 4) is 0 Å². The summed E-state index contributed by atoms with van der Waals surface area (Å²) in [5.74, 6) is 0. The third-order valence-electron chi connectivity index (χ3n) is 4.96. The van der Waals surface area contributed by atoms with Crippen LogP contribution in [0, 0.1) is 0 Å². The first-order chi connectivity index (χ1) is 14.2. The molecule has 2 heterocycles. The molecule has 2 aromatic carbocycles. The van der Waals surface area contributed by atoms with Crippen molar-refractivity contribution < 1.29 is 19.3 Å². The van der Waals surface area contributed by atoms with E-state index in [0.29, 0.717) is 19.8 Å². The summed E-state index contributed by atoms with van der Waals surface area (Å²) < 4.78 is 8.06. The Hall–Kier alpha value is -3.22. The van der Waals surface area contributed by atoms with E-state index in [1.807, 2.05) is 107 Å². The summed E-state index contributed by atoms with van der Waals surface area (Å²) in [6, 6.07) is 19.4. The predicted molar refractivity (Wildman–Crippen MR) is 107 cm³/mol. The Morgan fingerprint density at radius 3 is 1.48 bits per heavy atom. The largest absolute Gasteiger partial charge is 0.384 e. The van der Waals surface area contributed by atoms with Gasteiger partial charge in [0.2, 0.25) is 19.3 Å². The molecule has 2 N–H and O–H groups in total. The van der Waals surface area contributed by atoms with Gasteiger partial charge in [0.05, 0.1) is 0 Å². The highest BCUT2D eigenvalue weighted by Crippen LogP contribution is 2.14. The van der Waals surface area contributed by atoms with Gasteiger partial charge in [0.1, 0.15) is 50.1 Å². The maximum absolute atomic E-state index is 10.4. The third kappa shape index (κ3) is 4.99. The summed E-state index contributed by atoms with van der Waals surface area (Å²) >= 11 is 0. The Kier molecular flexibility index (Phi) is 5.84. The molecule has 0 radical (unpaired) electrons. The summed E-state index contributed by atoms with van der Waals surface area (Å²) in [6.07, 6.45) is 10.8. The number of hydrogen-bond donors (Lipinski definition) is 2. The summed E-state index contributed by atoms with van der Waals surface area (Å²) in [5, 5.41) is 20.8. The fourth-order valence-corrected chi connectivity index (χ4v) is 3.41. The zero-order valence-electron chi connectivity index (χ0n) is 16.2. The number of aromatic nitrogens is 4. The van der Waals surface area contributed by atoms with Gasteiger partial charge in [0, 0.05) is 0 Å². The van der Waals surface area contributed by atoms with E-state index in [-0.39, 0.29) is 0 Å². The van der Waals surface area contributed by atoms with Crippen molar-refractivity contribution in [2.45, 2.75) is 32.0 Å². The van der Waals surface area contributed by atoms with Crippen LogP contribution in [0.3, 0.4) is 0 Å². The maximum atomic E-state index is 10.4. The Morgan fingerprint density at radius 2 is 1.07 bits per heavy atom. The van der Waals surface area contributed by atoms with E-state index >= 15 is 0 Å². The highest BCUT2D eigenvalue weighted by Gasteiger charge is 2.15. The van der Waals surface area contributed by atoms with Crippen LogP contribution in [0.2, 0.25) is 0 Å². The molecular formula is C23H26N4O2+2. The molecule has 0 saturated carbocycles. The third-order valence-corrected chi connectivity index (χ3v) is 4.96. The lowest BCUT2D eigenvalue weighted by Crippen LogP contribution is -2.49. The molecule has 0 aliphatic rings. The zero-order valence-corrected chi connectivity index (χ0v) is 16.2. The maximum Gasteiger partial charge on any atom is 0.247 e. The van der Waals surface area contributed by atoms with Crippen molar-refractivity contribution in [2.24, 2.45) is 0 Å². The molecular weight excluding hydrogens is 364 g/mol. The van der Waals surface area contributed by atoms with Crippen LogP contribution in [-0.4, -0.2) is 19.3 Å². The minimum Gasteiger partial charge on any atom is -0.384 e. The van der Waals surface area contributed by atoms with E-state index in [1.165, 1.54) is 0 Å². The molecule has 0 aliphatic heterocycles. The fourth-order valence-electron chi connectivity index (χ4n) is 3.41. The van der Waals surface area contributed by atoms with Crippen LogP contribution in [-0.2, 0) is 19.8 Å². The van der Waals surface area contributed by atoms with Crippen LogP contribution in [0.1, 0.15) is 23.3 Å². The molecule has 0 spiro atoms. The van der Waals surface area contributed by atoms with Crippen molar-refractivity contribution in [1.29, 1.82) is 0 Å². The van der Waals surface area contributed by atoms with Crippen molar-refractivity contribution >= 4 is 0 Å². The Bertz CT molecular complexity index is 943. The van der Waals surface area contributed by atoms with Gasteiger partial charge in [-0.3, -0.25) is 0 Å². The molecule has 0 fully saturated rings. The molecule has 6 nitrogen and oxygen atoms in total. The van der Waals surface area contributed by atoms with Crippen LogP contribution in [0.4, 0.5) is 0 Å². The summed E-state index contributed by atoms with van der Waals surface area (Å²) in [5.41, 5.74) is 1.83. The fraction of sp³-hybridized carbons (Fsp3) is 0.217. The second-order valence-corrected chi connectivity index (χ2v) is 7.24. The van der Waals surface area contributed by atoms with E-state index in [0.717, 1.165) is 11.1 Å². The summed E-state index contributed by atoms with van der Waals surface area (Å²) in [4.78, 5) is 0. The molecule has 6 heteroatoms. The average Bonchev–Trinajstić information content (AvgIpc) is 3.38. The number of hydrogen-bond acceptors (Lipinski definition) is 2. The molecule has 0 saturated heterocycles. The molecule has 0 aliphatic carbocycles. The van der Waals surface area contributed by atoms with Crippen molar-refractivity contribution in [2.75, 3.05) is 0 Å². The van der Waals surface area contributed by atoms with Gasteiger partial charge >= 0.3 is 0 Å². The van der Waals surface area contributed by atoms with Crippen LogP contribution >= 0.6 is 0 Å². The van der Waals surface area contributed by atoms with Crippen LogP contribution in [0.15, 0.2) is 98.1 Å². The van der Waals surface area contributed by atoms with E-state index in [1.54, 1.807) is 0 Å². The first-order valence-electron chi connectivity index (χ1n) is 9.73. The lowest BCUT2D eigenvalue weighted by molar-refractivity contribution is -0.912. The molecule has 2 aromatic heterocycles. The SMILES string of the molecule is O[C@@H](Cn1cc[n+](C[n+]2ccn(C[C@H](O)c3ccccc3)c2)c1)c1ccccc1. The molecule has 148 valence electrons. The number of rotatable bonds is 8. The lowest BCUT2D eigenvalue weighted by Gasteiger charge is -2.07. The first kappa shape index (κ1) is 19.1. The van der Waals surface area contributed by atoms with E-state index in [9.17, 15) is 10.2 Å². The first-order valence-corrected chi connectivity index (χ1v) is 9.73. The average molecular weight is 390 g/mol. The quantitative estimate of drug-likeness (QED) is 0.451. The number of benzene rings is 2. The minimum absolute atomic E-state index is 0.506. The van der Waals surface area contributed by atoms with Crippen molar-refractivity contribution in [3.63, 3.8) is 0 Å². The number of aliphatic hydroxyl groups excluding tert-OH is 2. The van der Waals surface area contributed by atoms with E-state index < -0.39 is 12.2 Å². The normalized spacial score (nSPS) is 13.3. The molecule has 0 unspecified atom stereocenters. The molecule has 0 bridgehead atoms. The van der Waals surface area contributed by atoms with Crippen LogP contribution < -0.4 is 9.13 Å². The van der Waals surface area contributed by atoms with Gasteiger partial charge in [-0.15, -0.1) is 0 Å². The van der Waals surface area contributed by atoms with Gasteiger partial charge < -0.3 is 10.2 Å². The van der Waals surface area contributed by atoms with Gasteiger partial charge in [-0.25, -0.2) is 9.13 Å². The highest BCUT2D eigenvalue weighted by molar-refractivity contribution is 5.17. The summed E-state index contributed by atoms with van der Waals surface area (Å²) in [7, 11) is 0. The lowest BCUT2D eigenvalue weighted by atomic mass is 10.1. The Labute approximate surface area is 170 Å². The van der Waals surface area contributed by atoms with Gasteiger partial charge in [-0.1, -0.05) is 60.7 Å². The van der Waals surface area contributed by atoms with E-state index in [2.05, 4.69) is 9.13 Å². The predicted octanol–water partition coefficient (Wildman–Crippen LogP) is 1.84. The van der Waals surface area contributed by atoms with Crippen LogP contribution in [0.5, 0.6) is 0 Å². The van der Waals surface area contributed by atoms with Crippen LogP contribution in [0.25, 0.3) is 0 Å². The Morgan fingerprint density at radius 1 is 0.655 bits per heavy atom. The molecule has 29 heavy (non-hydrogen) atoms. The molecule has 4 rings (SSSR count). The Balaban J connectivity index is 1.35. The van der Waals surface area contributed by atoms with Gasteiger partial charge in [-0.2, -0.15) is 9.13 Å². The van der Waals surface area contributed by atoms with Crippen molar-refractivity contribution in [3.05, 3.63) is 109 Å².